The van der Waals surface area contributed by atoms with Crippen LogP contribution in [0.5, 0.6) is 0 Å². The van der Waals surface area contributed by atoms with Gasteiger partial charge in [-0.2, -0.15) is 0 Å². The number of rotatable bonds is 3. The van der Waals surface area contributed by atoms with Gasteiger partial charge in [-0.1, -0.05) is 0 Å². The number of carbonyl (C=O) groups excluding carboxylic acids is 1. The monoisotopic (exact) mass is 443 g/mol. The molecule has 0 atom stereocenters. The molecule has 1 saturated heterocycles. The van der Waals surface area contributed by atoms with E-state index in [1.54, 1.807) is 6.08 Å². The van der Waals surface area contributed by atoms with Crippen LogP contribution in [-0.4, -0.2) is 35.2 Å². The van der Waals surface area contributed by atoms with E-state index < -0.39 is 0 Å². The minimum atomic E-state index is -0.0476. The van der Waals surface area contributed by atoms with Crippen molar-refractivity contribution in [2.45, 2.75) is 53.4 Å². The first kappa shape index (κ1) is 22.8. The quantitative estimate of drug-likeness (QED) is 0.631. The standard InChI is InChI=1S/C27H33N5O/c1-16-18(3)22(10-8-20(16)28)30-24-14-25(31-23-11-9-21(29)17(2)19(23)4)27(33)15-26(24)32-12-6-5-7-13-32/h8-11,15H,5-7,12-14,28-29H2,1-4H3. The van der Waals surface area contributed by atoms with Crippen molar-refractivity contribution in [3.8, 4) is 0 Å². The number of hydrogen-bond donors (Lipinski definition) is 2. The predicted octanol–water partition coefficient (Wildman–Crippen LogP) is 5.27. The molecule has 0 bridgehead atoms. The van der Waals surface area contributed by atoms with Crippen molar-refractivity contribution in [2.75, 3.05) is 24.6 Å². The van der Waals surface area contributed by atoms with Crippen LogP contribution in [0.4, 0.5) is 22.7 Å². The molecular formula is C27H33N5O. The number of carbonyl (C=O) groups is 1. The van der Waals surface area contributed by atoms with Gasteiger partial charge in [-0.15, -0.1) is 0 Å². The summed E-state index contributed by atoms with van der Waals surface area (Å²) in [5, 5.41) is 0. The third-order valence-electron chi connectivity index (χ3n) is 6.99. The highest BCUT2D eigenvalue weighted by molar-refractivity contribution is 6.51. The molecule has 0 unspecified atom stereocenters. The molecule has 6 nitrogen and oxygen atoms in total. The second kappa shape index (κ2) is 9.22. The van der Waals surface area contributed by atoms with Gasteiger partial charge in [0.1, 0.15) is 0 Å². The lowest BCUT2D eigenvalue weighted by Crippen LogP contribution is -2.37. The highest BCUT2D eigenvalue weighted by Crippen LogP contribution is 2.31. The van der Waals surface area contributed by atoms with Gasteiger partial charge in [0.05, 0.1) is 28.5 Å². The van der Waals surface area contributed by atoms with E-state index in [-0.39, 0.29) is 5.78 Å². The molecule has 2 aromatic carbocycles. The maximum Gasteiger partial charge on any atom is 0.202 e. The van der Waals surface area contributed by atoms with Gasteiger partial charge in [0.15, 0.2) is 0 Å². The zero-order valence-corrected chi connectivity index (χ0v) is 20.0. The Morgan fingerprint density at radius 2 is 1.24 bits per heavy atom. The average Bonchev–Trinajstić information content (AvgIpc) is 2.82. The maximum atomic E-state index is 13.1. The van der Waals surface area contributed by atoms with Crippen LogP contribution in [0.2, 0.25) is 0 Å². The topological polar surface area (TPSA) is 97.1 Å². The number of nitrogen functional groups attached to an aromatic ring is 2. The molecular weight excluding hydrogens is 410 g/mol. The second-order valence-corrected chi connectivity index (χ2v) is 9.08. The van der Waals surface area contributed by atoms with E-state index in [0.717, 1.165) is 82.3 Å². The van der Waals surface area contributed by atoms with Crippen LogP contribution in [0.3, 0.4) is 0 Å². The van der Waals surface area contributed by atoms with Crippen LogP contribution in [0.15, 0.2) is 46.0 Å². The van der Waals surface area contributed by atoms with Gasteiger partial charge in [0.25, 0.3) is 0 Å². The Morgan fingerprint density at radius 3 is 1.79 bits per heavy atom. The van der Waals surface area contributed by atoms with Gasteiger partial charge in [-0.3, -0.25) is 9.79 Å². The Balaban J connectivity index is 1.80. The summed E-state index contributed by atoms with van der Waals surface area (Å²) in [5.41, 5.74) is 21.7. The summed E-state index contributed by atoms with van der Waals surface area (Å²) in [4.78, 5) is 25.3. The Labute approximate surface area is 196 Å². The van der Waals surface area contributed by atoms with Crippen LogP contribution in [0.25, 0.3) is 0 Å². The number of benzene rings is 2. The summed E-state index contributed by atoms with van der Waals surface area (Å²) >= 11 is 0. The van der Waals surface area contributed by atoms with Crippen molar-refractivity contribution in [3.63, 3.8) is 0 Å². The smallest absolute Gasteiger partial charge is 0.202 e. The fraction of sp³-hybridized carbons (Fsp3) is 0.370. The van der Waals surface area contributed by atoms with Crippen molar-refractivity contribution in [3.05, 3.63) is 58.3 Å². The lowest BCUT2D eigenvalue weighted by Gasteiger charge is -2.33. The summed E-state index contributed by atoms with van der Waals surface area (Å²) in [6.07, 6.45) is 5.61. The minimum absolute atomic E-state index is 0.0476. The van der Waals surface area contributed by atoms with E-state index in [1.807, 2.05) is 52.0 Å². The van der Waals surface area contributed by atoms with E-state index >= 15 is 0 Å². The molecule has 6 heteroatoms. The Hall–Kier alpha value is -3.41. The molecule has 4 N–H and O–H groups in total. The fourth-order valence-corrected chi connectivity index (χ4v) is 4.41. The molecule has 0 aromatic heterocycles. The van der Waals surface area contributed by atoms with Gasteiger partial charge in [0.2, 0.25) is 5.78 Å². The van der Waals surface area contributed by atoms with Crippen molar-refractivity contribution >= 4 is 40.0 Å². The number of aliphatic imine (C=N–C) groups is 2. The zero-order chi connectivity index (χ0) is 23.7. The Morgan fingerprint density at radius 1 is 0.727 bits per heavy atom. The molecule has 1 aliphatic heterocycles. The Kier molecular flexibility index (Phi) is 6.36. The second-order valence-electron chi connectivity index (χ2n) is 9.08. The van der Waals surface area contributed by atoms with Gasteiger partial charge in [0, 0.05) is 37.0 Å². The summed E-state index contributed by atoms with van der Waals surface area (Å²) in [7, 11) is 0. The Bertz CT molecular complexity index is 1200. The van der Waals surface area contributed by atoms with E-state index in [9.17, 15) is 4.79 Å². The number of ketones is 1. The lowest BCUT2D eigenvalue weighted by atomic mass is 9.95. The molecule has 0 saturated carbocycles. The third kappa shape index (κ3) is 4.56. The average molecular weight is 444 g/mol. The first-order valence-electron chi connectivity index (χ1n) is 11.6. The number of piperidine rings is 1. The van der Waals surface area contributed by atoms with Gasteiger partial charge in [-0.05, 0) is 93.5 Å². The van der Waals surface area contributed by atoms with Crippen LogP contribution >= 0.6 is 0 Å². The number of allylic oxidation sites excluding steroid dienone is 2. The first-order valence-corrected chi connectivity index (χ1v) is 11.6. The number of hydrogen-bond acceptors (Lipinski definition) is 6. The highest BCUT2D eigenvalue weighted by Gasteiger charge is 2.28. The lowest BCUT2D eigenvalue weighted by molar-refractivity contribution is -0.109. The molecule has 33 heavy (non-hydrogen) atoms. The van der Waals surface area contributed by atoms with Gasteiger partial charge < -0.3 is 16.4 Å². The minimum Gasteiger partial charge on any atom is -0.399 e. The molecule has 0 radical (unpaired) electrons. The largest absolute Gasteiger partial charge is 0.399 e. The summed E-state index contributed by atoms with van der Waals surface area (Å²) < 4.78 is 0. The van der Waals surface area contributed by atoms with Crippen molar-refractivity contribution in [2.24, 2.45) is 9.98 Å². The van der Waals surface area contributed by atoms with Crippen LogP contribution in [0, 0.1) is 27.7 Å². The normalized spacial score (nSPS) is 19.3. The molecule has 1 heterocycles. The van der Waals surface area contributed by atoms with Crippen LogP contribution in [-0.2, 0) is 4.79 Å². The van der Waals surface area contributed by atoms with Crippen molar-refractivity contribution < 1.29 is 4.79 Å². The van der Waals surface area contributed by atoms with Crippen molar-refractivity contribution in [1.82, 2.24) is 4.90 Å². The molecule has 2 aromatic rings. The van der Waals surface area contributed by atoms with E-state index in [0.29, 0.717) is 12.1 Å². The molecule has 1 aliphatic carbocycles. The molecule has 172 valence electrons. The number of anilines is 2. The van der Waals surface area contributed by atoms with E-state index in [4.69, 9.17) is 21.5 Å². The summed E-state index contributed by atoms with van der Waals surface area (Å²) in [6.45, 7) is 9.91. The first-order chi connectivity index (χ1) is 15.8. The van der Waals surface area contributed by atoms with Crippen LogP contribution < -0.4 is 11.5 Å². The van der Waals surface area contributed by atoms with Crippen molar-refractivity contribution in [1.29, 1.82) is 0 Å². The zero-order valence-electron chi connectivity index (χ0n) is 20.0. The van der Waals surface area contributed by atoms with Crippen LogP contribution in [0.1, 0.15) is 47.9 Å². The highest BCUT2D eigenvalue weighted by atomic mass is 16.1. The molecule has 4 rings (SSSR count). The number of nitrogens with zero attached hydrogens (tertiary/aromatic N) is 3. The number of nitrogens with two attached hydrogens (primary N) is 2. The number of likely N-dealkylation sites (tertiary alicyclic amines) is 1. The summed E-state index contributed by atoms with van der Waals surface area (Å²) in [6, 6.07) is 7.58. The molecule has 2 aliphatic rings. The summed E-state index contributed by atoms with van der Waals surface area (Å²) in [5.74, 6) is -0.0476. The molecule has 1 fully saturated rings. The van der Waals surface area contributed by atoms with E-state index in [2.05, 4.69) is 4.90 Å². The fourth-order valence-electron chi connectivity index (χ4n) is 4.41. The maximum absolute atomic E-state index is 13.1. The molecule has 0 amide bonds. The van der Waals surface area contributed by atoms with E-state index in [1.165, 1.54) is 6.42 Å². The SMILES string of the molecule is Cc1c(N)ccc(N=C2CC(=Nc3ccc(N)c(C)c3C)C(N3CCCCC3)=CC2=O)c1C. The van der Waals surface area contributed by atoms with Gasteiger partial charge >= 0.3 is 0 Å². The van der Waals surface area contributed by atoms with Gasteiger partial charge in [-0.25, -0.2) is 4.99 Å². The third-order valence-corrected chi connectivity index (χ3v) is 6.99. The molecule has 0 spiro atoms. The predicted molar refractivity (Wildman–Crippen MR) is 138 cm³/mol.